The third-order valence-corrected chi connectivity index (χ3v) is 10.2. The fourth-order valence-electron chi connectivity index (χ4n) is 4.36. The molecule has 0 aliphatic rings. The zero-order valence-corrected chi connectivity index (χ0v) is 22.8. The number of benzene rings is 4. The molecule has 0 heterocycles. The summed E-state index contributed by atoms with van der Waals surface area (Å²) in [6.45, 7) is 6.57. The van der Waals surface area contributed by atoms with Gasteiger partial charge < -0.3 is 19.4 Å². The van der Waals surface area contributed by atoms with Crippen molar-refractivity contribution in [2.75, 3.05) is 7.11 Å². The quantitative estimate of drug-likeness (QED) is 0.303. The number of hydrogen-bond donors (Lipinski definition) is 3. The van der Waals surface area contributed by atoms with Crippen molar-refractivity contribution in [3.05, 3.63) is 119 Å². The molecular weight excluding hydrogens is 490 g/mol. The van der Waals surface area contributed by atoms with Gasteiger partial charge in [0, 0.05) is 0 Å². The summed E-state index contributed by atoms with van der Waals surface area (Å²) in [5.74, 6) is 0.910. The summed E-state index contributed by atoms with van der Waals surface area (Å²) in [7, 11) is -4.84. The summed E-state index contributed by atoms with van der Waals surface area (Å²) < 4.78 is 14.4. The lowest BCUT2D eigenvalue weighted by molar-refractivity contribution is 0.275. The van der Waals surface area contributed by atoms with Crippen LogP contribution in [0.1, 0.15) is 22.3 Å². The average molecular weight is 524 g/mol. The number of rotatable bonds is 6. The minimum atomic E-state index is -4.64. The minimum absolute atomic E-state index is 0.910. The molecule has 4 aromatic rings. The Morgan fingerprint density at radius 1 is 0.667 bits per heavy atom. The summed E-state index contributed by atoms with van der Waals surface area (Å²) in [5.41, 5.74) is 5.20. The van der Waals surface area contributed by atoms with E-state index in [0.29, 0.717) is 0 Å². The van der Waals surface area contributed by atoms with Gasteiger partial charge in [0.05, 0.1) is 13.3 Å². The normalized spacial score (nSPS) is 11.4. The van der Waals surface area contributed by atoms with Crippen molar-refractivity contribution in [2.24, 2.45) is 0 Å². The molecule has 0 aliphatic heterocycles. The first kappa shape index (κ1) is 27.8. The van der Waals surface area contributed by atoms with Crippen LogP contribution in [0.2, 0.25) is 0 Å². The zero-order valence-electron chi connectivity index (χ0n) is 21.0. The Balaban J connectivity index is 0.000000658. The largest absolute Gasteiger partial charge is 0.497 e. The lowest BCUT2D eigenvalue weighted by Gasteiger charge is -2.28. The first-order valence-electron chi connectivity index (χ1n) is 11.5. The van der Waals surface area contributed by atoms with E-state index in [1.807, 2.05) is 6.07 Å². The van der Waals surface area contributed by atoms with Crippen LogP contribution in [0, 0.1) is 20.8 Å². The van der Waals surface area contributed by atoms with Gasteiger partial charge in [-0.2, -0.15) is 0 Å². The second kappa shape index (κ2) is 12.0. The van der Waals surface area contributed by atoms with E-state index in [0.717, 1.165) is 11.9 Å². The molecular formula is C29H33O5P2+. The van der Waals surface area contributed by atoms with Crippen molar-refractivity contribution >= 4 is 31.0 Å². The number of phosphoric acid groups is 1. The van der Waals surface area contributed by atoms with E-state index in [2.05, 4.69) is 112 Å². The van der Waals surface area contributed by atoms with Crippen molar-refractivity contribution in [3.8, 4) is 5.75 Å². The molecule has 0 radical (unpaired) electrons. The molecule has 0 saturated carbocycles. The molecule has 0 atom stereocenters. The summed E-state index contributed by atoms with van der Waals surface area (Å²) in [5, 5.41) is 4.27. The van der Waals surface area contributed by atoms with Gasteiger partial charge in [0.25, 0.3) is 0 Å². The smallest absolute Gasteiger partial charge is 0.466 e. The molecule has 36 heavy (non-hydrogen) atoms. The van der Waals surface area contributed by atoms with Crippen LogP contribution in [-0.4, -0.2) is 21.8 Å². The first-order valence-corrected chi connectivity index (χ1v) is 15.1. The van der Waals surface area contributed by atoms with Gasteiger partial charge in [-0.25, -0.2) is 4.57 Å². The Morgan fingerprint density at radius 3 is 1.42 bits per heavy atom. The molecule has 7 heteroatoms. The lowest BCUT2D eigenvalue weighted by Crippen LogP contribution is -2.33. The van der Waals surface area contributed by atoms with Crippen LogP contribution in [0.5, 0.6) is 5.75 Å². The van der Waals surface area contributed by atoms with Gasteiger partial charge in [0.15, 0.2) is 0 Å². The van der Waals surface area contributed by atoms with E-state index in [1.165, 1.54) is 38.2 Å². The molecule has 0 aromatic heterocycles. The van der Waals surface area contributed by atoms with Gasteiger partial charge in [-0.05, 0) is 91.6 Å². The van der Waals surface area contributed by atoms with Crippen molar-refractivity contribution in [1.29, 1.82) is 0 Å². The van der Waals surface area contributed by atoms with Crippen LogP contribution in [0.3, 0.4) is 0 Å². The molecule has 0 spiro atoms. The molecule has 0 saturated heterocycles. The van der Waals surface area contributed by atoms with E-state index in [-0.39, 0.29) is 0 Å². The van der Waals surface area contributed by atoms with Gasteiger partial charge in [0.2, 0.25) is 0 Å². The fraction of sp³-hybridized carbons (Fsp3) is 0.172. The third kappa shape index (κ3) is 7.36. The maximum Gasteiger partial charge on any atom is 0.466 e. The van der Waals surface area contributed by atoms with Crippen LogP contribution in [0.15, 0.2) is 97.1 Å². The molecule has 0 bridgehead atoms. The Bertz CT molecular complexity index is 1240. The Morgan fingerprint density at radius 2 is 1.06 bits per heavy atom. The second-order valence-electron chi connectivity index (χ2n) is 8.85. The van der Waals surface area contributed by atoms with Gasteiger partial charge in [-0.15, -0.1) is 0 Å². The number of ether oxygens (including phenoxy) is 1. The molecule has 4 rings (SSSR count). The molecule has 0 fully saturated rings. The predicted molar refractivity (Wildman–Crippen MR) is 150 cm³/mol. The van der Waals surface area contributed by atoms with E-state index in [1.54, 1.807) is 7.11 Å². The van der Waals surface area contributed by atoms with Crippen LogP contribution in [-0.2, 0) is 10.7 Å². The molecule has 3 N–H and O–H groups in total. The van der Waals surface area contributed by atoms with Gasteiger partial charge in [-0.1, -0.05) is 48.5 Å². The van der Waals surface area contributed by atoms with Crippen molar-refractivity contribution in [1.82, 2.24) is 0 Å². The highest BCUT2D eigenvalue weighted by Gasteiger charge is 2.45. The van der Waals surface area contributed by atoms with E-state index < -0.39 is 15.1 Å². The number of hydrogen-bond acceptors (Lipinski definition) is 2. The maximum atomic E-state index is 8.88. The second-order valence-corrected chi connectivity index (χ2v) is 13.4. The number of methoxy groups -OCH3 is 1. The average Bonchev–Trinajstić information content (AvgIpc) is 2.81. The molecule has 0 unspecified atom stereocenters. The number of aryl methyl sites for hydroxylation is 3. The Kier molecular flexibility index (Phi) is 9.24. The van der Waals surface area contributed by atoms with E-state index in [4.69, 9.17) is 24.0 Å². The minimum Gasteiger partial charge on any atom is -0.497 e. The van der Waals surface area contributed by atoms with Crippen LogP contribution in [0.25, 0.3) is 0 Å². The zero-order chi connectivity index (χ0) is 26.3. The highest BCUT2D eigenvalue weighted by molar-refractivity contribution is 7.95. The standard InChI is InChI=1S/C29H30OP.H3O4P/c1-22-9-5-14-27(17-22)31(28-15-6-10-23(2)18-28,29-16-7-11-24(3)19-29)21-25-12-8-13-26(20-25)30-4;1-5(2,3)4/h5-20H,21H2,1-4H3;(H3,1,2,3,4)/q+1;. The Labute approximate surface area is 214 Å². The van der Waals surface area contributed by atoms with Crippen LogP contribution < -0.4 is 20.7 Å². The summed E-state index contributed by atoms with van der Waals surface area (Å²) in [4.78, 5) is 21.6. The molecule has 5 nitrogen and oxygen atoms in total. The van der Waals surface area contributed by atoms with Gasteiger partial charge in [0.1, 0.15) is 28.9 Å². The van der Waals surface area contributed by atoms with E-state index in [9.17, 15) is 0 Å². The lowest BCUT2D eigenvalue weighted by atomic mass is 10.2. The topological polar surface area (TPSA) is 87.0 Å². The first-order chi connectivity index (χ1) is 17.0. The van der Waals surface area contributed by atoms with Crippen LogP contribution >= 0.6 is 15.1 Å². The van der Waals surface area contributed by atoms with Crippen LogP contribution in [0.4, 0.5) is 0 Å². The molecule has 0 amide bonds. The maximum absolute atomic E-state index is 8.88. The molecule has 188 valence electrons. The molecule has 4 aromatic carbocycles. The fourth-order valence-corrected chi connectivity index (χ4v) is 8.84. The molecule has 0 aliphatic carbocycles. The summed E-state index contributed by atoms with van der Waals surface area (Å²) >= 11 is 0. The highest BCUT2D eigenvalue weighted by atomic mass is 31.2. The SMILES string of the molecule is COc1cccc(C[P+](c2cccc(C)c2)(c2cccc(C)c2)c2cccc(C)c2)c1.O=P(O)(O)O. The Hall–Kier alpha value is -2.78. The van der Waals surface area contributed by atoms with Crippen molar-refractivity contribution in [2.45, 2.75) is 26.9 Å². The predicted octanol–water partition coefficient (Wildman–Crippen LogP) is 5.19. The summed E-state index contributed by atoms with van der Waals surface area (Å²) in [6.07, 6.45) is 0.959. The highest BCUT2D eigenvalue weighted by Crippen LogP contribution is 2.58. The van der Waals surface area contributed by atoms with Crippen molar-refractivity contribution in [3.63, 3.8) is 0 Å². The monoisotopic (exact) mass is 523 g/mol. The van der Waals surface area contributed by atoms with E-state index >= 15 is 0 Å². The third-order valence-electron chi connectivity index (χ3n) is 5.88. The van der Waals surface area contributed by atoms with Crippen molar-refractivity contribution < 1.29 is 24.0 Å². The van der Waals surface area contributed by atoms with Gasteiger partial charge >= 0.3 is 7.82 Å². The summed E-state index contributed by atoms with van der Waals surface area (Å²) in [6, 6.07) is 35.9. The van der Waals surface area contributed by atoms with Gasteiger partial charge in [-0.3, -0.25) is 0 Å².